The molecular weight excluding hydrogens is 430 g/mol. The SMILES string of the molecule is Cc1noc(-c2ccc(NS(C)(=O)=O)cc2)c1N(C(=O)O)[C@H](C)c1ccccc1Cl. The predicted molar refractivity (Wildman–Crippen MR) is 116 cm³/mol. The van der Waals surface area contributed by atoms with Crippen LogP contribution < -0.4 is 9.62 Å². The number of nitrogens with zero attached hydrogens (tertiary/aromatic N) is 2. The molecule has 3 aromatic rings. The zero-order valence-electron chi connectivity index (χ0n) is 16.5. The summed E-state index contributed by atoms with van der Waals surface area (Å²) in [6, 6.07) is 12.8. The number of aromatic nitrogens is 1. The van der Waals surface area contributed by atoms with E-state index in [4.69, 9.17) is 16.1 Å². The Balaban J connectivity index is 2.05. The molecule has 0 aliphatic carbocycles. The topological polar surface area (TPSA) is 113 Å². The van der Waals surface area contributed by atoms with Crippen LogP contribution in [0.4, 0.5) is 16.2 Å². The molecule has 0 aliphatic heterocycles. The van der Waals surface area contributed by atoms with Crippen LogP contribution in [0, 0.1) is 6.92 Å². The number of sulfonamides is 1. The summed E-state index contributed by atoms with van der Waals surface area (Å²) in [5.41, 5.74) is 2.24. The molecule has 0 spiro atoms. The molecule has 0 aliphatic rings. The molecule has 1 atom stereocenters. The highest BCUT2D eigenvalue weighted by molar-refractivity contribution is 7.92. The van der Waals surface area contributed by atoms with E-state index in [0.29, 0.717) is 33.2 Å². The van der Waals surface area contributed by atoms with Crippen molar-refractivity contribution in [2.45, 2.75) is 19.9 Å². The lowest BCUT2D eigenvalue weighted by atomic mass is 10.0. The smallest absolute Gasteiger partial charge is 0.412 e. The predicted octanol–water partition coefficient (Wildman–Crippen LogP) is 4.92. The van der Waals surface area contributed by atoms with E-state index in [-0.39, 0.29) is 5.76 Å². The Morgan fingerprint density at radius 3 is 2.40 bits per heavy atom. The van der Waals surface area contributed by atoms with Gasteiger partial charge in [0, 0.05) is 16.3 Å². The summed E-state index contributed by atoms with van der Waals surface area (Å²) in [5, 5.41) is 14.4. The van der Waals surface area contributed by atoms with Crippen LogP contribution in [0.5, 0.6) is 0 Å². The maximum absolute atomic E-state index is 12.2. The van der Waals surface area contributed by atoms with Gasteiger partial charge in [-0.05, 0) is 49.7 Å². The van der Waals surface area contributed by atoms with Crippen LogP contribution in [-0.2, 0) is 10.0 Å². The average molecular weight is 450 g/mol. The molecule has 0 saturated carbocycles. The van der Waals surface area contributed by atoms with Gasteiger partial charge in [-0.3, -0.25) is 9.62 Å². The van der Waals surface area contributed by atoms with Gasteiger partial charge in [0.25, 0.3) is 0 Å². The van der Waals surface area contributed by atoms with Crippen molar-refractivity contribution in [3.8, 4) is 11.3 Å². The highest BCUT2D eigenvalue weighted by Crippen LogP contribution is 2.39. The number of rotatable bonds is 6. The molecule has 2 N–H and O–H groups in total. The van der Waals surface area contributed by atoms with Crippen molar-refractivity contribution in [3.05, 3.63) is 64.8 Å². The van der Waals surface area contributed by atoms with E-state index < -0.39 is 22.2 Å². The summed E-state index contributed by atoms with van der Waals surface area (Å²) in [6.45, 7) is 3.38. The molecule has 0 saturated heterocycles. The van der Waals surface area contributed by atoms with Crippen LogP contribution in [-0.4, -0.2) is 31.0 Å². The van der Waals surface area contributed by atoms with Crippen LogP contribution in [0.3, 0.4) is 0 Å². The number of carboxylic acid groups (broad SMARTS) is 1. The fourth-order valence-electron chi connectivity index (χ4n) is 3.15. The first-order chi connectivity index (χ1) is 14.1. The zero-order chi connectivity index (χ0) is 22.1. The van der Waals surface area contributed by atoms with Gasteiger partial charge in [-0.2, -0.15) is 0 Å². The second-order valence-corrected chi connectivity index (χ2v) is 8.90. The van der Waals surface area contributed by atoms with E-state index in [0.717, 1.165) is 11.2 Å². The van der Waals surface area contributed by atoms with Crippen molar-refractivity contribution in [1.29, 1.82) is 0 Å². The normalized spacial score (nSPS) is 12.4. The van der Waals surface area contributed by atoms with E-state index in [1.54, 1.807) is 62.4 Å². The summed E-state index contributed by atoms with van der Waals surface area (Å²) in [6.07, 6.45) is -0.134. The fourth-order valence-corrected chi connectivity index (χ4v) is 4.01. The summed E-state index contributed by atoms with van der Waals surface area (Å²) in [4.78, 5) is 13.4. The zero-order valence-corrected chi connectivity index (χ0v) is 18.0. The van der Waals surface area contributed by atoms with Gasteiger partial charge < -0.3 is 9.63 Å². The Morgan fingerprint density at radius 2 is 1.83 bits per heavy atom. The number of hydrogen-bond acceptors (Lipinski definition) is 5. The second-order valence-electron chi connectivity index (χ2n) is 6.75. The minimum atomic E-state index is -3.41. The summed E-state index contributed by atoms with van der Waals surface area (Å²) in [5.74, 6) is 0.250. The molecule has 2 aromatic carbocycles. The maximum atomic E-state index is 12.2. The van der Waals surface area contributed by atoms with Gasteiger partial charge in [-0.25, -0.2) is 13.2 Å². The van der Waals surface area contributed by atoms with Crippen molar-refractivity contribution >= 4 is 39.1 Å². The van der Waals surface area contributed by atoms with E-state index >= 15 is 0 Å². The third kappa shape index (κ3) is 4.58. The Hall–Kier alpha value is -3.04. The quantitative estimate of drug-likeness (QED) is 0.552. The molecule has 3 rings (SSSR count). The molecule has 30 heavy (non-hydrogen) atoms. The third-order valence-corrected chi connectivity index (χ3v) is 5.42. The van der Waals surface area contributed by atoms with Gasteiger partial charge in [0.1, 0.15) is 11.4 Å². The van der Waals surface area contributed by atoms with Gasteiger partial charge in [-0.15, -0.1) is 0 Å². The minimum Gasteiger partial charge on any atom is -0.465 e. The second kappa shape index (κ2) is 8.37. The molecule has 1 aromatic heterocycles. The average Bonchev–Trinajstić information content (AvgIpc) is 3.02. The lowest BCUT2D eigenvalue weighted by molar-refractivity contribution is 0.199. The molecule has 8 nitrogen and oxygen atoms in total. The molecule has 0 bridgehead atoms. The first kappa shape index (κ1) is 21.7. The Labute approximate surface area is 179 Å². The van der Waals surface area contributed by atoms with Gasteiger partial charge >= 0.3 is 6.09 Å². The van der Waals surface area contributed by atoms with E-state index in [9.17, 15) is 18.3 Å². The molecule has 1 amide bonds. The largest absolute Gasteiger partial charge is 0.465 e. The van der Waals surface area contributed by atoms with Crippen molar-refractivity contribution < 1.29 is 22.8 Å². The summed E-state index contributed by atoms with van der Waals surface area (Å²) < 4.78 is 30.6. The van der Waals surface area contributed by atoms with E-state index in [1.165, 1.54) is 0 Å². The van der Waals surface area contributed by atoms with Crippen LogP contribution >= 0.6 is 11.6 Å². The van der Waals surface area contributed by atoms with Crippen molar-refractivity contribution in [3.63, 3.8) is 0 Å². The Kier molecular flexibility index (Phi) is 6.04. The van der Waals surface area contributed by atoms with Crippen LogP contribution in [0.2, 0.25) is 5.02 Å². The van der Waals surface area contributed by atoms with E-state index in [2.05, 4.69) is 9.88 Å². The lowest BCUT2D eigenvalue weighted by Gasteiger charge is -2.27. The third-order valence-electron chi connectivity index (χ3n) is 4.47. The summed E-state index contributed by atoms with van der Waals surface area (Å²) >= 11 is 6.28. The molecule has 1 heterocycles. The highest BCUT2D eigenvalue weighted by atomic mass is 35.5. The molecule has 0 unspecified atom stereocenters. The number of benzene rings is 2. The van der Waals surface area contributed by atoms with E-state index in [1.807, 2.05) is 0 Å². The van der Waals surface area contributed by atoms with Crippen molar-refractivity contribution in [1.82, 2.24) is 5.16 Å². The van der Waals surface area contributed by atoms with Crippen molar-refractivity contribution in [2.75, 3.05) is 15.9 Å². The standard InChI is InChI=1S/C20H20ClN3O5S/c1-12-18(24(20(25)26)13(2)16-6-4-5-7-17(16)21)19(29-22-12)14-8-10-15(11-9-14)23-30(3,27)28/h4-11,13,23H,1-3H3,(H,25,26)/t13-/m1/s1. The number of nitrogens with one attached hydrogen (secondary N) is 1. The number of aryl methyl sites for hydroxylation is 1. The lowest BCUT2D eigenvalue weighted by Crippen LogP contribution is -2.33. The molecule has 0 radical (unpaired) electrons. The van der Waals surface area contributed by atoms with Gasteiger partial charge in [0.15, 0.2) is 5.76 Å². The van der Waals surface area contributed by atoms with Crippen LogP contribution in [0.15, 0.2) is 53.1 Å². The van der Waals surface area contributed by atoms with Crippen LogP contribution in [0.25, 0.3) is 11.3 Å². The number of amides is 1. The van der Waals surface area contributed by atoms with Crippen molar-refractivity contribution in [2.24, 2.45) is 0 Å². The Bertz CT molecular complexity index is 1180. The number of halogens is 1. The highest BCUT2D eigenvalue weighted by Gasteiger charge is 2.31. The van der Waals surface area contributed by atoms with Gasteiger partial charge in [0.2, 0.25) is 10.0 Å². The first-order valence-corrected chi connectivity index (χ1v) is 11.2. The van der Waals surface area contributed by atoms with Gasteiger partial charge in [-0.1, -0.05) is 35.0 Å². The molecule has 0 fully saturated rings. The fraction of sp³-hybridized carbons (Fsp3) is 0.200. The molecular formula is C20H20ClN3O5S. The molecule has 158 valence electrons. The molecule has 10 heteroatoms. The minimum absolute atomic E-state index is 0.250. The number of carbonyl (C=O) groups is 1. The monoisotopic (exact) mass is 449 g/mol. The summed E-state index contributed by atoms with van der Waals surface area (Å²) in [7, 11) is -3.41. The number of anilines is 2. The Morgan fingerprint density at radius 1 is 1.20 bits per heavy atom. The first-order valence-electron chi connectivity index (χ1n) is 8.89. The maximum Gasteiger partial charge on any atom is 0.412 e. The van der Waals surface area contributed by atoms with Gasteiger partial charge in [0.05, 0.1) is 12.3 Å². The number of hydrogen-bond donors (Lipinski definition) is 2. The van der Waals surface area contributed by atoms with Crippen LogP contribution in [0.1, 0.15) is 24.2 Å².